The molecule has 2 heterocycles. The maximum absolute atomic E-state index is 12.4. The van der Waals surface area contributed by atoms with Gasteiger partial charge in [0.25, 0.3) is 5.91 Å². The third-order valence-corrected chi connectivity index (χ3v) is 4.93. The Balaban J connectivity index is 1.85. The molecule has 110 valence electrons. The second-order valence-electron chi connectivity index (χ2n) is 5.35. The molecule has 1 aromatic carbocycles. The summed E-state index contributed by atoms with van der Waals surface area (Å²) in [5.74, 6) is -0.0542. The van der Waals surface area contributed by atoms with Gasteiger partial charge < -0.3 is 5.32 Å². The average molecular weight is 301 g/mol. The van der Waals surface area contributed by atoms with Crippen LogP contribution in [0, 0.1) is 13.8 Å². The summed E-state index contributed by atoms with van der Waals surface area (Å²) in [5, 5.41) is 3.99. The summed E-state index contributed by atoms with van der Waals surface area (Å²) in [6.07, 6.45) is 0. The normalized spacial score (nSPS) is 14.2. The molecule has 1 aliphatic heterocycles. The van der Waals surface area contributed by atoms with Crippen molar-refractivity contribution in [2.45, 2.75) is 33.9 Å². The van der Waals surface area contributed by atoms with E-state index in [1.54, 1.807) is 0 Å². The number of thiazole rings is 1. The Morgan fingerprint density at radius 3 is 2.86 bits per heavy atom. The van der Waals surface area contributed by atoms with E-state index in [-0.39, 0.29) is 5.91 Å². The van der Waals surface area contributed by atoms with Crippen LogP contribution in [0.3, 0.4) is 0 Å². The molecule has 2 aromatic rings. The first-order chi connectivity index (χ1) is 10.1. The Morgan fingerprint density at radius 1 is 1.38 bits per heavy atom. The first-order valence-corrected chi connectivity index (χ1v) is 7.98. The van der Waals surface area contributed by atoms with Crippen LogP contribution in [-0.2, 0) is 13.1 Å². The van der Waals surface area contributed by atoms with Crippen LogP contribution in [0.1, 0.15) is 38.4 Å². The largest absolute Gasteiger partial charge is 0.321 e. The lowest BCUT2D eigenvalue weighted by Crippen LogP contribution is -2.16. The SMILES string of the molecule is CCN1Cc2cccc(NC(=O)c3sc(C)nc3C)c2C1. The highest BCUT2D eigenvalue weighted by Gasteiger charge is 2.22. The van der Waals surface area contributed by atoms with E-state index in [2.05, 4.69) is 28.2 Å². The maximum atomic E-state index is 12.4. The Bertz CT molecular complexity index is 693. The van der Waals surface area contributed by atoms with Crippen molar-refractivity contribution in [1.29, 1.82) is 0 Å². The minimum absolute atomic E-state index is 0.0542. The summed E-state index contributed by atoms with van der Waals surface area (Å²) in [7, 11) is 0. The molecule has 0 radical (unpaired) electrons. The van der Waals surface area contributed by atoms with Crippen LogP contribution in [0.2, 0.25) is 0 Å². The van der Waals surface area contributed by atoms with E-state index in [4.69, 9.17) is 0 Å². The van der Waals surface area contributed by atoms with Gasteiger partial charge in [0, 0.05) is 18.8 Å². The molecule has 1 aliphatic rings. The van der Waals surface area contributed by atoms with Gasteiger partial charge in [-0.05, 0) is 37.6 Å². The number of amides is 1. The summed E-state index contributed by atoms with van der Waals surface area (Å²) in [4.78, 5) is 19.8. The van der Waals surface area contributed by atoms with Crippen molar-refractivity contribution < 1.29 is 4.79 Å². The Morgan fingerprint density at radius 2 is 2.19 bits per heavy atom. The van der Waals surface area contributed by atoms with E-state index < -0.39 is 0 Å². The number of aromatic nitrogens is 1. The van der Waals surface area contributed by atoms with Gasteiger partial charge in [-0.2, -0.15) is 0 Å². The average Bonchev–Trinajstić information content (AvgIpc) is 3.02. The second kappa shape index (κ2) is 5.58. The monoisotopic (exact) mass is 301 g/mol. The van der Waals surface area contributed by atoms with E-state index in [9.17, 15) is 4.79 Å². The summed E-state index contributed by atoms with van der Waals surface area (Å²) >= 11 is 1.45. The first-order valence-electron chi connectivity index (χ1n) is 7.17. The van der Waals surface area contributed by atoms with Crippen LogP contribution in [0.4, 0.5) is 5.69 Å². The molecule has 5 heteroatoms. The van der Waals surface area contributed by atoms with Gasteiger partial charge in [0.1, 0.15) is 4.88 Å². The van der Waals surface area contributed by atoms with Crippen molar-refractivity contribution in [3.8, 4) is 0 Å². The number of carbonyl (C=O) groups excluding carboxylic acids is 1. The fourth-order valence-corrected chi connectivity index (χ4v) is 3.57. The number of anilines is 1. The zero-order valence-electron chi connectivity index (χ0n) is 12.6. The zero-order chi connectivity index (χ0) is 15.0. The van der Waals surface area contributed by atoms with Crippen LogP contribution in [-0.4, -0.2) is 22.3 Å². The van der Waals surface area contributed by atoms with Gasteiger partial charge in [0.15, 0.2) is 0 Å². The van der Waals surface area contributed by atoms with Gasteiger partial charge in [0.2, 0.25) is 0 Å². The Hall–Kier alpha value is -1.72. The van der Waals surface area contributed by atoms with Crippen molar-refractivity contribution in [3.05, 3.63) is 44.9 Å². The first kappa shape index (κ1) is 14.2. The highest BCUT2D eigenvalue weighted by Crippen LogP contribution is 2.30. The van der Waals surface area contributed by atoms with Crippen molar-refractivity contribution in [2.75, 3.05) is 11.9 Å². The third kappa shape index (κ3) is 2.71. The highest BCUT2D eigenvalue weighted by molar-refractivity contribution is 7.13. The summed E-state index contributed by atoms with van der Waals surface area (Å²) in [6, 6.07) is 6.14. The van der Waals surface area contributed by atoms with Gasteiger partial charge in [0.05, 0.1) is 10.7 Å². The van der Waals surface area contributed by atoms with Crippen LogP contribution in [0.15, 0.2) is 18.2 Å². The van der Waals surface area contributed by atoms with Crippen LogP contribution >= 0.6 is 11.3 Å². The molecule has 1 amide bonds. The van der Waals surface area contributed by atoms with E-state index >= 15 is 0 Å². The van der Waals surface area contributed by atoms with Crippen molar-refractivity contribution in [2.24, 2.45) is 0 Å². The van der Waals surface area contributed by atoms with E-state index in [0.29, 0.717) is 4.88 Å². The van der Waals surface area contributed by atoms with E-state index in [1.165, 1.54) is 22.5 Å². The van der Waals surface area contributed by atoms with Crippen LogP contribution < -0.4 is 5.32 Å². The topological polar surface area (TPSA) is 45.2 Å². The van der Waals surface area contributed by atoms with E-state index in [1.807, 2.05) is 26.0 Å². The molecule has 0 fully saturated rings. The van der Waals surface area contributed by atoms with Crippen molar-refractivity contribution >= 4 is 22.9 Å². The predicted molar refractivity (Wildman–Crippen MR) is 85.8 cm³/mol. The number of fused-ring (bicyclic) bond motifs is 1. The van der Waals surface area contributed by atoms with E-state index in [0.717, 1.165) is 36.0 Å². The molecule has 0 unspecified atom stereocenters. The van der Waals surface area contributed by atoms with Gasteiger partial charge in [-0.25, -0.2) is 4.98 Å². The molecule has 0 bridgehead atoms. The smallest absolute Gasteiger partial charge is 0.267 e. The van der Waals surface area contributed by atoms with Gasteiger partial charge >= 0.3 is 0 Å². The maximum Gasteiger partial charge on any atom is 0.267 e. The number of hydrogen-bond donors (Lipinski definition) is 1. The lowest BCUT2D eigenvalue weighted by atomic mass is 10.1. The number of carbonyl (C=O) groups is 1. The summed E-state index contributed by atoms with van der Waals surface area (Å²) in [6.45, 7) is 8.86. The number of hydrogen-bond acceptors (Lipinski definition) is 4. The number of rotatable bonds is 3. The fraction of sp³-hybridized carbons (Fsp3) is 0.375. The Labute approximate surface area is 128 Å². The number of benzene rings is 1. The molecule has 1 aromatic heterocycles. The molecule has 0 saturated heterocycles. The van der Waals surface area contributed by atoms with Gasteiger partial charge in [-0.1, -0.05) is 19.1 Å². The standard InChI is InChI=1S/C16H19N3OS/c1-4-19-8-12-6-5-7-14(13(12)9-19)18-16(20)15-10(2)17-11(3)21-15/h5-7H,4,8-9H2,1-3H3,(H,18,20). The third-order valence-electron chi connectivity index (χ3n) is 3.85. The van der Waals surface area contributed by atoms with Gasteiger partial charge in [-0.3, -0.25) is 9.69 Å². The summed E-state index contributed by atoms with van der Waals surface area (Å²) in [5.41, 5.74) is 4.29. The van der Waals surface area contributed by atoms with Crippen LogP contribution in [0.5, 0.6) is 0 Å². The minimum Gasteiger partial charge on any atom is -0.321 e. The Kier molecular flexibility index (Phi) is 3.78. The quantitative estimate of drug-likeness (QED) is 0.945. The predicted octanol–water partition coefficient (Wildman–Crippen LogP) is 3.35. The molecular formula is C16H19N3OS. The van der Waals surface area contributed by atoms with Crippen molar-refractivity contribution in [3.63, 3.8) is 0 Å². The lowest BCUT2D eigenvalue weighted by molar-refractivity contribution is 0.102. The highest BCUT2D eigenvalue weighted by atomic mass is 32.1. The molecule has 1 N–H and O–H groups in total. The molecule has 0 atom stereocenters. The molecule has 3 rings (SSSR count). The molecular weight excluding hydrogens is 282 g/mol. The number of nitrogens with zero attached hydrogens (tertiary/aromatic N) is 2. The lowest BCUT2D eigenvalue weighted by Gasteiger charge is -2.11. The molecule has 21 heavy (non-hydrogen) atoms. The fourth-order valence-electron chi connectivity index (χ4n) is 2.75. The van der Waals surface area contributed by atoms with Gasteiger partial charge in [-0.15, -0.1) is 11.3 Å². The molecule has 4 nitrogen and oxygen atoms in total. The number of aryl methyl sites for hydroxylation is 2. The molecule has 0 aliphatic carbocycles. The summed E-state index contributed by atoms with van der Waals surface area (Å²) < 4.78 is 0. The van der Waals surface area contributed by atoms with Crippen LogP contribution in [0.25, 0.3) is 0 Å². The molecule has 0 saturated carbocycles. The minimum atomic E-state index is -0.0542. The molecule has 0 spiro atoms. The second-order valence-corrected chi connectivity index (χ2v) is 6.55. The zero-order valence-corrected chi connectivity index (χ0v) is 13.4. The number of nitrogens with one attached hydrogen (secondary N) is 1. The van der Waals surface area contributed by atoms with Crippen molar-refractivity contribution in [1.82, 2.24) is 9.88 Å².